The largest absolute Gasteiger partial charge is 0.394 e. The van der Waals surface area contributed by atoms with Gasteiger partial charge in [-0.3, -0.25) is 0 Å². The number of hydrogen-bond acceptors (Lipinski definition) is 2. The minimum Gasteiger partial charge on any atom is -0.394 e. The van der Waals surface area contributed by atoms with E-state index in [9.17, 15) is 9.50 Å². The van der Waals surface area contributed by atoms with Crippen molar-refractivity contribution in [1.29, 1.82) is 0 Å². The van der Waals surface area contributed by atoms with Crippen molar-refractivity contribution in [1.82, 2.24) is 0 Å². The molecule has 0 amide bonds. The van der Waals surface area contributed by atoms with E-state index in [0.717, 1.165) is 5.56 Å². The first kappa shape index (κ1) is 10.2. The molecule has 0 aromatic heterocycles. The molecule has 2 atom stereocenters. The van der Waals surface area contributed by atoms with Gasteiger partial charge < -0.3 is 10.2 Å². The SMILES string of the molecule is CC(c1ccc(F)cc1)C(O)CO. The van der Waals surface area contributed by atoms with Gasteiger partial charge in [0.2, 0.25) is 0 Å². The quantitative estimate of drug-likeness (QED) is 0.743. The van der Waals surface area contributed by atoms with Crippen LogP contribution >= 0.6 is 0 Å². The summed E-state index contributed by atoms with van der Waals surface area (Å²) >= 11 is 0. The van der Waals surface area contributed by atoms with Crippen LogP contribution in [-0.4, -0.2) is 22.9 Å². The number of aliphatic hydroxyl groups is 2. The van der Waals surface area contributed by atoms with E-state index in [4.69, 9.17) is 5.11 Å². The molecule has 1 rings (SSSR count). The highest BCUT2D eigenvalue weighted by Crippen LogP contribution is 2.18. The molecule has 2 nitrogen and oxygen atoms in total. The summed E-state index contributed by atoms with van der Waals surface area (Å²) in [6, 6.07) is 5.91. The second-order valence-corrected chi connectivity index (χ2v) is 3.09. The fourth-order valence-electron chi connectivity index (χ4n) is 1.15. The van der Waals surface area contributed by atoms with Crippen LogP contribution in [0, 0.1) is 5.82 Å². The maximum Gasteiger partial charge on any atom is 0.123 e. The lowest BCUT2D eigenvalue weighted by Gasteiger charge is -2.16. The van der Waals surface area contributed by atoms with Crippen LogP contribution in [0.3, 0.4) is 0 Å². The van der Waals surface area contributed by atoms with E-state index in [0.29, 0.717) is 0 Å². The van der Waals surface area contributed by atoms with Crippen LogP contribution in [0.5, 0.6) is 0 Å². The molecule has 13 heavy (non-hydrogen) atoms. The fourth-order valence-corrected chi connectivity index (χ4v) is 1.15. The van der Waals surface area contributed by atoms with Crippen molar-refractivity contribution in [3.63, 3.8) is 0 Å². The smallest absolute Gasteiger partial charge is 0.123 e. The third-order valence-electron chi connectivity index (χ3n) is 2.16. The van der Waals surface area contributed by atoms with Crippen molar-refractivity contribution in [2.45, 2.75) is 18.9 Å². The molecular weight excluding hydrogens is 171 g/mol. The van der Waals surface area contributed by atoms with Crippen molar-refractivity contribution in [3.8, 4) is 0 Å². The highest BCUT2D eigenvalue weighted by molar-refractivity contribution is 5.20. The van der Waals surface area contributed by atoms with Crippen LogP contribution in [0.1, 0.15) is 18.4 Å². The van der Waals surface area contributed by atoms with E-state index < -0.39 is 6.10 Å². The molecule has 0 spiro atoms. The maximum atomic E-state index is 12.5. The van der Waals surface area contributed by atoms with Gasteiger partial charge in [-0.2, -0.15) is 0 Å². The minimum atomic E-state index is -0.787. The molecule has 0 aliphatic heterocycles. The van der Waals surface area contributed by atoms with Crippen LogP contribution in [-0.2, 0) is 0 Å². The highest BCUT2D eigenvalue weighted by atomic mass is 19.1. The molecule has 0 bridgehead atoms. The topological polar surface area (TPSA) is 40.5 Å². The van der Waals surface area contributed by atoms with E-state index in [-0.39, 0.29) is 18.3 Å². The Balaban J connectivity index is 2.77. The van der Waals surface area contributed by atoms with E-state index >= 15 is 0 Å². The second-order valence-electron chi connectivity index (χ2n) is 3.09. The van der Waals surface area contributed by atoms with Crippen LogP contribution in [0.2, 0.25) is 0 Å². The maximum absolute atomic E-state index is 12.5. The van der Waals surface area contributed by atoms with Crippen LogP contribution in [0.4, 0.5) is 4.39 Å². The number of halogens is 1. The molecule has 0 aliphatic rings. The van der Waals surface area contributed by atoms with Crippen molar-refractivity contribution in [2.24, 2.45) is 0 Å². The fraction of sp³-hybridized carbons (Fsp3) is 0.400. The van der Waals surface area contributed by atoms with Crippen LogP contribution < -0.4 is 0 Å². The molecule has 2 unspecified atom stereocenters. The first-order valence-electron chi connectivity index (χ1n) is 4.19. The van der Waals surface area contributed by atoms with Crippen LogP contribution in [0.25, 0.3) is 0 Å². The summed E-state index contributed by atoms with van der Waals surface area (Å²) in [5.74, 6) is -0.472. The summed E-state index contributed by atoms with van der Waals surface area (Å²) in [4.78, 5) is 0. The molecule has 0 radical (unpaired) electrons. The normalized spacial score (nSPS) is 15.4. The summed E-state index contributed by atoms with van der Waals surface area (Å²) in [7, 11) is 0. The summed E-state index contributed by atoms with van der Waals surface area (Å²) in [6.07, 6.45) is -0.787. The Morgan fingerprint density at radius 1 is 1.31 bits per heavy atom. The lowest BCUT2D eigenvalue weighted by Crippen LogP contribution is -2.19. The predicted molar refractivity (Wildman–Crippen MR) is 47.9 cm³/mol. The molecule has 0 saturated carbocycles. The van der Waals surface area contributed by atoms with Crippen molar-refractivity contribution in [3.05, 3.63) is 35.6 Å². The number of rotatable bonds is 3. The Kier molecular flexibility index (Phi) is 3.39. The average molecular weight is 184 g/mol. The second kappa shape index (κ2) is 4.35. The molecule has 0 fully saturated rings. The zero-order chi connectivity index (χ0) is 9.84. The summed E-state index contributed by atoms with van der Waals surface area (Å²) in [5, 5.41) is 18.0. The summed E-state index contributed by atoms with van der Waals surface area (Å²) in [5.41, 5.74) is 0.822. The van der Waals surface area contributed by atoms with Gasteiger partial charge in [0.05, 0.1) is 12.7 Å². The van der Waals surface area contributed by atoms with E-state index in [2.05, 4.69) is 0 Å². The third kappa shape index (κ3) is 2.50. The van der Waals surface area contributed by atoms with Gasteiger partial charge in [0.25, 0.3) is 0 Å². The molecule has 0 saturated heterocycles. The molecule has 0 aliphatic carbocycles. The first-order chi connectivity index (χ1) is 6.15. The van der Waals surface area contributed by atoms with Gasteiger partial charge in [0, 0.05) is 5.92 Å². The van der Waals surface area contributed by atoms with Gasteiger partial charge in [-0.25, -0.2) is 4.39 Å². The molecule has 3 heteroatoms. The van der Waals surface area contributed by atoms with Gasteiger partial charge >= 0.3 is 0 Å². The lowest BCUT2D eigenvalue weighted by atomic mass is 9.96. The minimum absolute atomic E-state index is 0.175. The van der Waals surface area contributed by atoms with Crippen LogP contribution in [0.15, 0.2) is 24.3 Å². The predicted octanol–water partition coefficient (Wildman–Crippen LogP) is 1.28. The third-order valence-corrected chi connectivity index (χ3v) is 2.16. The Labute approximate surface area is 76.6 Å². The monoisotopic (exact) mass is 184 g/mol. The zero-order valence-corrected chi connectivity index (χ0v) is 7.44. The molecule has 2 N–H and O–H groups in total. The van der Waals surface area contributed by atoms with Gasteiger partial charge in [0.15, 0.2) is 0 Å². The number of aliphatic hydroxyl groups excluding tert-OH is 2. The van der Waals surface area contributed by atoms with Gasteiger partial charge in [-0.1, -0.05) is 19.1 Å². The zero-order valence-electron chi connectivity index (χ0n) is 7.44. The molecule has 1 aromatic carbocycles. The average Bonchev–Trinajstić information content (AvgIpc) is 2.17. The molecule has 0 heterocycles. The Bertz CT molecular complexity index is 258. The Morgan fingerprint density at radius 2 is 1.85 bits per heavy atom. The summed E-state index contributed by atoms with van der Waals surface area (Å²) < 4.78 is 12.5. The van der Waals surface area contributed by atoms with Crippen molar-refractivity contribution in [2.75, 3.05) is 6.61 Å². The standard InChI is InChI=1S/C10H13FO2/c1-7(10(13)6-12)8-2-4-9(11)5-3-8/h2-5,7,10,12-13H,6H2,1H3. The molecule has 1 aromatic rings. The van der Waals surface area contributed by atoms with Crippen molar-refractivity contribution < 1.29 is 14.6 Å². The highest BCUT2D eigenvalue weighted by Gasteiger charge is 2.14. The van der Waals surface area contributed by atoms with E-state index in [1.54, 1.807) is 19.1 Å². The van der Waals surface area contributed by atoms with Crippen molar-refractivity contribution >= 4 is 0 Å². The van der Waals surface area contributed by atoms with E-state index in [1.807, 2.05) is 0 Å². The Morgan fingerprint density at radius 3 is 2.31 bits per heavy atom. The van der Waals surface area contributed by atoms with Gasteiger partial charge in [-0.05, 0) is 17.7 Å². The summed E-state index contributed by atoms with van der Waals surface area (Å²) in [6.45, 7) is 1.51. The number of benzene rings is 1. The lowest BCUT2D eigenvalue weighted by molar-refractivity contribution is 0.0772. The molecular formula is C10H13FO2. The van der Waals surface area contributed by atoms with Gasteiger partial charge in [0.1, 0.15) is 5.82 Å². The van der Waals surface area contributed by atoms with Gasteiger partial charge in [-0.15, -0.1) is 0 Å². The number of hydrogen-bond donors (Lipinski definition) is 2. The first-order valence-corrected chi connectivity index (χ1v) is 4.19. The Hall–Kier alpha value is -0.930. The molecule has 72 valence electrons. The van der Waals surface area contributed by atoms with E-state index in [1.165, 1.54) is 12.1 Å².